The number of amides is 2. The number of halogens is 1. The van der Waals surface area contributed by atoms with Crippen molar-refractivity contribution in [2.24, 2.45) is 0 Å². The van der Waals surface area contributed by atoms with Crippen molar-refractivity contribution in [3.63, 3.8) is 0 Å². The second kappa shape index (κ2) is 9.79. The maximum Gasteiger partial charge on any atom is 0.265 e. The van der Waals surface area contributed by atoms with Gasteiger partial charge in [-0.1, -0.05) is 29.8 Å². The highest BCUT2D eigenvalue weighted by atomic mass is 35.5. The molecule has 0 saturated heterocycles. The topological polar surface area (TPSA) is 76.7 Å². The monoisotopic (exact) mass is 376 g/mol. The van der Waals surface area contributed by atoms with Gasteiger partial charge in [-0.15, -0.1) is 0 Å². The molecular weight excluding hydrogens is 356 g/mol. The molecule has 2 rings (SSSR count). The van der Waals surface area contributed by atoms with Crippen molar-refractivity contribution in [2.75, 3.05) is 25.6 Å². The SMILES string of the molecule is COCCNC(=O)c1ccccc1NC(=O)[C@@H](C)Oc1cccc(Cl)c1. The summed E-state index contributed by atoms with van der Waals surface area (Å²) in [5.41, 5.74) is 0.779. The Morgan fingerprint density at radius 2 is 1.92 bits per heavy atom. The minimum Gasteiger partial charge on any atom is -0.481 e. The van der Waals surface area contributed by atoms with E-state index in [4.69, 9.17) is 21.1 Å². The second-order valence-electron chi connectivity index (χ2n) is 5.50. The Hall–Kier alpha value is -2.57. The highest BCUT2D eigenvalue weighted by Gasteiger charge is 2.18. The molecule has 7 heteroatoms. The van der Waals surface area contributed by atoms with Crippen LogP contribution in [0.15, 0.2) is 48.5 Å². The van der Waals surface area contributed by atoms with E-state index < -0.39 is 6.10 Å². The summed E-state index contributed by atoms with van der Waals surface area (Å²) < 4.78 is 10.5. The van der Waals surface area contributed by atoms with E-state index in [9.17, 15) is 9.59 Å². The number of benzene rings is 2. The second-order valence-corrected chi connectivity index (χ2v) is 5.94. The van der Waals surface area contributed by atoms with E-state index in [1.807, 2.05) is 0 Å². The Morgan fingerprint density at radius 1 is 1.15 bits per heavy atom. The molecule has 0 heterocycles. The van der Waals surface area contributed by atoms with Crippen molar-refractivity contribution in [3.8, 4) is 5.75 Å². The van der Waals surface area contributed by atoms with Gasteiger partial charge in [-0.3, -0.25) is 9.59 Å². The number of methoxy groups -OCH3 is 1. The molecule has 2 aromatic carbocycles. The lowest BCUT2D eigenvalue weighted by molar-refractivity contribution is -0.122. The lowest BCUT2D eigenvalue weighted by Crippen LogP contribution is -2.32. The van der Waals surface area contributed by atoms with Gasteiger partial charge in [0.25, 0.3) is 11.8 Å². The molecule has 138 valence electrons. The standard InChI is InChI=1S/C19H21ClN2O4/c1-13(26-15-7-5-6-14(20)12-15)18(23)22-17-9-4-3-8-16(17)19(24)21-10-11-25-2/h3-9,12-13H,10-11H2,1-2H3,(H,21,24)(H,22,23)/t13-/m1/s1. The molecule has 0 aromatic heterocycles. The van der Waals surface area contributed by atoms with Gasteiger partial charge in [0, 0.05) is 18.7 Å². The summed E-state index contributed by atoms with van der Waals surface area (Å²) >= 11 is 5.91. The quantitative estimate of drug-likeness (QED) is 0.694. The van der Waals surface area contributed by atoms with Gasteiger partial charge < -0.3 is 20.1 Å². The van der Waals surface area contributed by atoms with Crippen LogP contribution in [0.1, 0.15) is 17.3 Å². The number of nitrogens with one attached hydrogen (secondary N) is 2. The van der Waals surface area contributed by atoms with E-state index in [1.165, 1.54) is 0 Å². The van der Waals surface area contributed by atoms with Crippen LogP contribution in [-0.4, -0.2) is 38.2 Å². The molecule has 26 heavy (non-hydrogen) atoms. The van der Waals surface area contributed by atoms with Gasteiger partial charge in [0.2, 0.25) is 0 Å². The molecule has 1 atom stereocenters. The predicted molar refractivity (Wildman–Crippen MR) is 101 cm³/mol. The molecule has 0 aliphatic carbocycles. The summed E-state index contributed by atoms with van der Waals surface area (Å²) in [7, 11) is 1.56. The average Bonchev–Trinajstić information content (AvgIpc) is 2.62. The smallest absolute Gasteiger partial charge is 0.265 e. The molecular formula is C19H21ClN2O4. The molecule has 0 aliphatic heterocycles. The zero-order valence-corrected chi connectivity index (χ0v) is 15.4. The van der Waals surface area contributed by atoms with Crippen molar-refractivity contribution in [2.45, 2.75) is 13.0 Å². The molecule has 6 nitrogen and oxygen atoms in total. The van der Waals surface area contributed by atoms with Gasteiger partial charge in [0.05, 0.1) is 17.9 Å². The Bertz CT molecular complexity index is 767. The Labute approximate surface area is 157 Å². The van der Waals surface area contributed by atoms with E-state index in [0.717, 1.165) is 0 Å². The number of rotatable bonds is 8. The van der Waals surface area contributed by atoms with Crippen LogP contribution in [0.4, 0.5) is 5.69 Å². The third kappa shape index (κ3) is 5.75. The molecule has 0 fully saturated rings. The molecule has 0 aliphatic rings. The van der Waals surface area contributed by atoms with E-state index in [0.29, 0.717) is 35.2 Å². The fraction of sp³-hybridized carbons (Fsp3) is 0.263. The first-order chi connectivity index (χ1) is 12.5. The van der Waals surface area contributed by atoms with E-state index in [-0.39, 0.29) is 11.8 Å². The van der Waals surface area contributed by atoms with Gasteiger partial charge >= 0.3 is 0 Å². The number of ether oxygens (including phenoxy) is 2. The van der Waals surface area contributed by atoms with Gasteiger partial charge in [-0.05, 0) is 37.3 Å². The first-order valence-electron chi connectivity index (χ1n) is 8.10. The summed E-state index contributed by atoms with van der Waals surface area (Å²) in [6, 6.07) is 13.6. The van der Waals surface area contributed by atoms with Crippen LogP contribution in [0.2, 0.25) is 5.02 Å². The molecule has 2 aromatic rings. The summed E-state index contributed by atoms with van der Waals surface area (Å²) in [5, 5.41) is 5.98. The van der Waals surface area contributed by atoms with E-state index >= 15 is 0 Å². The largest absolute Gasteiger partial charge is 0.481 e. The summed E-state index contributed by atoms with van der Waals surface area (Å²) in [4.78, 5) is 24.7. The zero-order valence-electron chi connectivity index (χ0n) is 14.6. The number of carbonyl (C=O) groups is 2. The highest BCUT2D eigenvalue weighted by molar-refractivity contribution is 6.30. The van der Waals surface area contributed by atoms with Crippen LogP contribution in [0.25, 0.3) is 0 Å². The molecule has 0 unspecified atom stereocenters. The number of hydrogen-bond donors (Lipinski definition) is 2. The summed E-state index contributed by atoms with van der Waals surface area (Å²) in [5.74, 6) is -0.172. The van der Waals surface area contributed by atoms with Crippen molar-refractivity contribution >= 4 is 29.1 Å². The fourth-order valence-corrected chi connectivity index (χ4v) is 2.36. The molecule has 2 N–H and O–H groups in total. The number of anilines is 1. The molecule has 0 radical (unpaired) electrons. The van der Waals surface area contributed by atoms with Crippen LogP contribution >= 0.6 is 11.6 Å². The first-order valence-corrected chi connectivity index (χ1v) is 8.48. The Morgan fingerprint density at radius 3 is 2.65 bits per heavy atom. The van der Waals surface area contributed by atoms with Crippen molar-refractivity contribution in [3.05, 3.63) is 59.1 Å². The molecule has 0 saturated carbocycles. The van der Waals surface area contributed by atoms with E-state index in [1.54, 1.807) is 62.6 Å². The zero-order chi connectivity index (χ0) is 18.9. The normalized spacial score (nSPS) is 11.5. The van der Waals surface area contributed by atoms with Crippen LogP contribution in [0.3, 0.4) is 0 Å². The minimum absolute atomic E-state index is 0.290. The summed E-state index contributed by atoms with van der Waals surface area (Å²) in [6.07, 6.45) is -0.766. The van der Waals surface area contributed by atoms with Crippen LogP contribution in [0.5, 0.6) is 5.75 Å². The highest BCUT2D eigenvalue weighted by Crippen LogP contribution is 2.20. The Kier molecular flexibility index (Phi) is 7.44. The van der Waals surface area contributed by atoms with E-state index in [2.05, 4.69) is 10.6 Å². The van der Waals surface area contributed by atoms with Gasteiger partial charge in [-0.25, -0.2) is 0 Å². The number of para-hydroxylation sites is 1. The van der Waals surface area contributed by atoms with Crippen LogP contribution in [-0.2, 0) is 9.53 Å². The maximum atomic E-state index is 12.4. The molecule has 2 amide bonds. The van der Waals surface area contributed by atoms with Gasteiger partial charge in [0.1, 0.15) is 5.75 Å². The predicted octanol–water partition coefficient (Wildman–Crippen LogP) is 3.12. The molecule has 0 bridgehead atoms. The third-order valence-electron chi connectivity index (χ3n) is 3.50. The van der Waals surface area contributed by atoms with Crippen molar-refractivity contribution < 1.29 is 19.1 Å². The average molecular weight is 377 g/mol. The summed E-state index contributed by atoms with van der Waals surface area (Å²) in [6.45, 7) is 2.41. The lowest BCUT2D eigenvalue weighted by Gasteiger charge is -2.16. The number of carbonyl (C=O) groups excluding carboxylic acids is 2. The fourth-order valence-electron chi connectivity index (χ4n) is 2.18. The lowest BCUT2D eigenvalue weighted by atomic mass is 10.1. The number of hydrogen-bond acceptors (Lipinski definition) is 4. The first kappa shape index (κ1) is 19.8. The Balaban J connectivity index is 2.03. The van der Waals surface area contributed by atoms with Crippen molar-refractivity contribution in [1.82, 2.24) is 5.32 Å². The van der Waals surface area contributed by atoms with Gasteiger partial charge in [0.15, 0.2) is 6.10 Å². The van der Waals surface area contributed by atoms with Gasteiger partial charge in [-0.2, -0.15) is 0 Å². The minimum atomic E-state index is -0.766. The molecule has 0 spiro atoms. The van der Waals surface area contributed by atoms with Crippen LogP contribution in [0, 0.1) is 0 Å². The maximum absolute atomic E-state index is 12.4. The third-order valence-corrected chi connectivity index (χ3v) is 3.73. The van der Waals surface area contributed by atoms with Crippen LogP contribution < -0.4 is 15.4 Å². The van der Waals surface area contributed by atoms with Crippen molar-refractivity contribution in [1.29, 1.82) is 0 Å².